The molecule has 1 saturated heterocycles. The molecule has 1 amide bonds. The Morgan fingerprint density at radius 1 is 0.667 bits per heavy atom. The second-order valence-corrected chi connectivity index (χ2v) is 17.9. The number of nitrogens with one attached hydrogen (secondary N) is 1. The fourth-order valence-electron chi connectivity index (χ4n) is 7.54. The summed E-state index contributed by atoms with van der Waals surface area (Å²) in [5, 5.41) is 55.2. The molecule has 0 bridgehead atoms. The zero-order valence-corrected chi connectivity index (χ0v) is 38.2. The number of allylic oxidation sites excluding steroid dienone is 3. The van der Waals surface area contributed by atoms with Crippen LogP contribution in [0.25, 0.3) is 0 Å². The molecule has 0 aromatic carbocycles. The van der Waals surface area contributed by atoms with Gasteiger partial charge in [-0.1, -0.05) is 192 Å². The van der Waals surface area contributed by atoms with Gasteiger partial charge in [0.25, 0.3) is 0 Å². The van der Waals surface area contributed by atoms with E-state index < -0.39 is 78.5 Å². The molecule has 60 heavy (non-hydrogen) atoms. The monoisotopic (exact) mass is 878 g/mol. The number of amides is 1. The van der Waals surface area contributed by atoms with Crippen LogP contribution in [0.4, 0.5) is 0 Å². The number of aliphatic hydroxyl groups excluding tert-OH is 5. The fourth-order valence-corrected chi connectivity index (χ4v) is 8.04. The van der Waals surface area contributed by atoms with Crippen molar-refractivity contribution >= 4 is 16.3 Å². The first kappa shape index (κ1) is 56.6. The average molecular weight is 878 g/mol. The van der Waals surface area contributed by atoms with Crippen LogP contribution >= 0.6 is 0 Å². The summed E-state index contributed by atoms with van der Waals surface area (Å²) in [6.45, 7) is 3.19. The summed E-state index contributed by atoms with van der Waals surface area (Å²) < 4.78 is 47.5. The minimum Gasteiger partial charge on any atom is -0.394 e. The first-order valence-electron chi connectivity index (χ1n) is 23.8. The highest BCUT2D eigenvalue weighted by molar-refractivity contribution is 7.80. The predicted octanol–water partition coefficient (Wildman–Crippen LogP) is 8.30. The van der Waals surface area contributed by atoms with Crippen LogP contribution in [0.15, 0.2) is 24.3 Å². The van der Waals surface area contributed by atoms with E-state index in [1.54, 1.807) is 6.08 Å². The predicted molar refractivity (Wildman–Crippen MR) is 238 cm³/mol. The normalized spacial score (nSPS) is 21.5. The Morgan fingerprint density at radius 3 is 1.60 bits per heavy atom. The van der Waals surface area contributed by atoms with Gasteiger partial charge in [-0.25, -0.2) is 4.18 Å². The molecule has 0 spiro atoms. The SMILES string of the molecule is CCCCCCCCC/C=C/CC/C=C/C(O)C(COC1OC(CO)C(O)C(OS(=O)(=O)O)C1O)NC(=O)C(O)CCCCCCCCCCCCCCCCCCCC. The Kier molecular flexibility index (Phi) is 34.8. The highest BCUT2D eigenvalue weighted by atomic mass is 32.3. The number of hydrogen-bond acceptors (Lipinski definition) is 11. The molecule has 1 fully saturated rings. The number of aliphatic hydroxyl groups is 5. The van der Waals surface area contributed by atoms with Gasteiger partial charge in [0.1, 0.15) is 30.5 Å². The molecule has 1 rings (SSSR count). The Bertz CT molecular complexity index is 1190. The van der Waals surface area contributed by atoms with Crippen molar-refractivity contribution in [2.75, 3.05) is 13.2 Å². The van der Waals surface area contributed by atoms with Gasteiger partial charge in [0, 0.05) is 0 Å². The van der Waals surface area contributed by atoms with Crippen LogP contribution in [0.5, 0.6) is 0 Å². The third-order valence-electron chi connectivity index (χ3n) is 11.3. The van der Waals surface area contributed by atoms with Crippen LogP contribution in [0.1, 0.15) is 200 Å². The first-order chi connectivity index (χ1) is 28.9. The molecule has 0 saturated carbocycles. The summed E-state index contributed by atoms with van der Waals surface area (Å²) >= 11 is 0. The van der Waals surface area contributed by atoms with Crippen LogP contribution in [0, 0.1) is 0 Å². The third-order valence-corrected chi connectivity index (χ3v) is 11.8. The van der Waals surface area contributed by atoms with E-state index in [2.05, 4.69) is 35.5 Å². The number of rotatable bonds is 40. The van der Waals surface area contributed by atoms with Gasteiger partial charge >= 0.3 is 10.4 Å². The molecule has 1 aliphatic rings. The topological polar surface area (TPSA) is 212 Å². The minimum atomic E-state index is -5.12. The molecule has 1 heterocycles. The van der Waals surface area contributed by atoms with Crippen molar-refractivity contribution in [3.63, 3.8) is 0 Å². The molecule has 0 radical (unpaired) electrons. The van der Waals surface area contributed by atoms with Gasteiger partial charge in [-0.3, -0.25) is 9.35 Å². The number of carbonyl (C=O) groups is 1. The van der Waals surface area contributed by atoms with Gasteiger partial charge in [-0.2, -0.15) is 8.42 Å². The molecule has 8 atom stereocenters. The van der Waals surface area contributed by atoms with Crippen LogP contribution in [0.2, 0.25) is 0 Å². The zero-order valence-electron chi connectivity index (χ0n) is 37.4. The minimum absolute atomic E-state index is 0.241. The van der Waals surface area contributed by atoms with Crippen LogP contribution in [0.3, 0.4) is 0 Å². The molecule has 14 heteroatoms. The standard InChI is InChI=1S/C46H87NO12S/c1-3-5-7-9-11-13-15-17-18-19-20-21-23-25-27-29-31-33-35-40(50)45(53)47-38(39(49)34-32-30-28-26-24-22-16-14-12-10-8-6-4-2)37-57-46-43(52)44(59-60(54,55)56)42(51)41(36-48)58-46/h24,26,32,34,38-44,46,48-52H,3-23,25,27-31,33,35-37H2,1-2H3,(H,47,53)(H,54,55,56)/b26-24+,34-32+. The molecule has 0 aromatic heterocycles. The van der Waals surface area contributed by atoms with E-state index in [0.29, 0.717) is 12.8 Å². The average Bonchev–Trinajstić information content (AvgIpc) is 3.22. The fraction of sp³-hybridized carbons (Fsp3) is 0.891. The maximum absolute atomic E-state index is 13.1. The Balaban J connectivity index is 2.56. The highest BCUT2D eigenvalue weighted by Crippen LogP contribution is 2.26. The van der Waals surface area contributed by atoms with Crippen molar-refractivity contribution in [1.29, 1.82) is 0 Å². The van der Waals surface area contributed by atoms with Crippen molar-refractivity contribution in [3.8, 4) is 0 Å². The van der Waals surface area contributed by atoms with Gasteiger partial charge < -0.3 is 40.3 Å². The highest BCUT2D eigenvalue weighted by Gasteiger charge is 2.48. The number of unbranched alkanes of at least 4 members (excludes halogenated alkanes) is 25. The van der Waals surface area contributed by atoms with Crippen LogP contribution < -0.4 is 5.32 Å². The van der Waals surface area contributed by atoms with E-state index in [0.717, 1.165) is 38.5 Å². The van der Waals surface area contributed by atoms with E-state index in [1.807, 2.05) is 0 Å². The summed E-state index contributed by atoms with van der Waals surface area (Å²) in [6.07, 6.45) is 29.8. The molecule has 8 unspecified atom stereocenters. The summed E-state index contributed by atoms with van der Waals surface area (Å²) in [7, 11) is -5.12. The van der Waals surface area contributed by atoms with Gasteiger partial charge in [0.2, 0.25) is 5.91 Å². The summed E-state index contributed by atoms with van der Waals surface area (Å²) in [5.41, 5.74) is 0. The van der Waals surface area contributed by atoms with Crippen molar-refractivity contribution in [2.24, 2.45) is 0 Å². The number of hydrogen-bond donors (Lipinski definition) is 7. The number of ether oxygens (including phenoxy) is 2. The maximum atomic E-state index is 13.1. The van der Waals surface area contributed by atoms with E-state index in [4.69, 9.17) is 9.47 Å². The summed E-state index contributed by atoms with van der Waals surface area (Å²) in [4.78, 5) is 13.1. The Labute approximate surface area is 364 Å². The first-order valence-corrected chi connectivity index (χ1v) is 25.2. The van der Waals surface area contributed by atoms with E-state index in [-0.39, 0.29) is 6.42 Å². The van der Waals surface area contributed by atoms with Crippen LogP contribution in [-0.4, -0.2) is 107 Å². The lowest BCUT2D eigenvalue weighted by molar-refractivity contribution is -0.298. The van der Waals surface area contributed by atoms with Crippen molar-refractivity contribution in [2.45, 2.75) is 249 Å². The molecule has 1 aliphatic heterocycles. The second-order valence-electron chi connectivity index (χ2n) is 16.8. The van der Waals surface area contributed by atoms with Crippen molar-refractivity contribution in [1.82, 2.24) is 5.32 Å². The van der Waals surface area contributed by atoms with E-state index >= 15 is 0 Å². The smallest absolute Gasteiger partial charge is 0.394 e. The third kappa shape index (κ3) is 29.0. The quantitative estimate of drug-likeness (QED) is 0.0176. The molecule has 13 nitrogen and oxygen atoms in total. The molecule has 0 aliphatic carbocycles. The molecular weight excluding hydrogens is 791 g/mol. The summed E-state index contributed by atoms with van der Waals surface area (Å²) in [5.74, 6) is -0.710. The zero-order chi connectivity index (χ0) is 44.3. The summed E-state index contributed by atoms with van der Waals surface area (Å²) in [6, 6.07) is -1.13. The molecule has 354 valence electrons. The van der Waals surface area contributed by atoms with Crippen molar-refractivity contribution < 1.29 is 57.0 Å². The van der Waals surface area contributed by atoms with E-state index in [9.17, 15) is 43.3 Å². The van der Waals surface area contributed by atoms with E-state index in [1.165, 1.54) is 134 Å². The van der Waals surface area contributed by atoms with Crippen LogP contribution in [-0.2, 0) is 28.9 Å². The lowest BCUT2D eigenvalue weighted by Crippen LogP contribution is -2.61. The largest absolute Gasteiger partial charge is 0.397 e. The van der Waals surface area contributed by atoms with Gasteiger partial charge in [-0.15, -0.1) is 0 Å². The Morgan fingerprint density at radius 2 is 1.12 bits per heavy atom. The number of carbonyl (C=O) groups excluding carboxylic acids is 1. The van der Waals surface area contributed by atoms with Gasteiger partial charge in [-0.05, 0) is 32.1 Å². The molecule has 7 N–H and O–H groups in total. The lowest BCUT2D eigenvalue weighted by atomic mass is 9.99. The molecular formula is C46H87NO12S. The maximum Gasteiger partial charge on any atom is 0.397 e. The molecule has 0 aromatic rings. The van der Waals surface area contributed by atoms with Gasteiger partial charge in [0.15, 0.2) is 6.29 Å². The van der Waals surface area contributed by atoms with Gasteiger partial charge in [0.05, 0.1) is 25.4 Å². The Hall–Kier alpha value is -1.46. The second kappa shape index (κ2) is 37.0. The lowest BCUT2D eigenvalue weighted by Gasteiger charge is -2.41. The van der Waals surface area contributed by atoms with Crippen molar-refractivity contribution in [3.05, 3.63) is 24.3 Å².